The van der Waals surface area contributed by atoms with E-state index in [1.54, 1.807) is 30.2 Å². The fourth-order valence-electron chi connectivity index (χ4n) is 3.01. The zero-order valence-electron chi connectivity index (χ0n) is 15.6. The molecular formula is C18H20N6O4. The molecule has 2 N–H and O–H groups in total. The molecule has 146 valence electrons. The number of rotatable bonds is 5. The van der Waals surface area contributed by atoms with Gasteiger partial charge in [0.2, 0.25) is 11.8 Å². The standard InChI is InChI=1S/C18H20N6O4/c1-26-13-9-11(17(25)24-5-7-28-8-6-24)3-4-12(13)21-18-22-15-14(19-10-20-15)16(23-18)27-2/h3-4,9-10H,5-8H2,1-2H3,(H2,19,20,21,22,23). The molecule has 0 radical (unpaired) electrons. The van der Waals surface area contributed by atoms with Crippen molar-refractivity contribution in [3.05, 3.63) is 30.1 Å². The van der Waals surface area contributed by atoms with Crippen LogP contribution in [0.2, 0.25) is 0 Å². The first kappa shape index (κ1) is 18.0. The Bertz CT molecular complexity index is 999. The van der Waals surface area contributed by atoms with Gasteiger partial charge in [-0.05, 0) is 18.2 Å². The highest BCUT2D eigenvalue weighted by Crippen LogP contribution is 2.30. The second-order valence-corrected chi connectivity index (χ2v) is 6.10. The minimum atomic E-state index is -0.0518. The van der Waals surface area contributed by atoms with Gasteiger partial charge in [0.05, 0.1) is 39.4 Å². The van der Waals surface area contributed by atoms with Crippen molar-refractivity contribution in [3.63, 3.8) is 0 Å². The average molecular weight is 384 g/mol. The third-order valence-electron chi connectivity index (χ3n) is 4.44. The summed E-state index contributed by atoms with van der Waals surface area (Å²) < 4.78 is 16.0. The summed E-state index contributed by atoms with van der Waals surface area (Å²) in [6, 6.07) is 5.20. The molecule has 0 unspecified atom stereocenters. The monoisotopic (exact) mass is 384 g/mol. The first-order valence-electron chi connectivity index (χ1n) is 8.77. The number of amides is 1. The number of nitrogens with zero attached hydrogens (tertiary/aromatic N) is 4. The number of carbonyl (C=O) groups is 1. The lowest BCUT2D eigenvalue weighted by Gasteiger charge is -2.27. The van der Waals surface area contributed by atoms with E-state index in [4.69, 9.17) is 14.2 Å². The number of hydrogen-bond acceptors (Lipinski definition) is 8. The molecule has 1 saturated heterocycles. The van der Waals surface area contributed by atoms with Crippen LogP contribution >= 0.6 is 0 Å². The Labute approximate surface area is 160 Å². The fraction of sp³-hybridized carbons (Fsp3) is 0.333. The second kappa shape index (κ2) is 7.69. The van der Waals surface area contributed by atoms with Gasteiger partial charge in [-0.2, -0.15) is 9.97 Å². The molecule has 2 aromatic heterocycles. The van der Waals surface area contributed by atoms with Gasteiger partial charge in [0, 0.05) is 18.7 Å². The summed E-state index contributed by atoms with van der Waals surface area (Å²) in [6.07, 6.45) is 1.53. The Morgan fingerprint density at radius 3 is 2.79 bits per heavy atom. The van der Waals surface area contributed by atoms with Crippen molar-refractivity contribution in [3.8, 4) is 11.6 Å². The van der Waals surface area contributed by atoms with Gasteiger partial charge in [0.15, 0.2) is 5.65 Å². The van der Waals surface area contributed by atoms with E-state index in [0.29, 0.717) is 66.3 Å². The van der Waals surface area contributed by atoms with E-state index in [0.717, 1.165) is 0 Å². The van der Waals surface area contributed by atoms with Crippen LogP contribution in [-0.4, -0.2) is 71.3 Å². The van der Waals surface area contributed by atoms with Crippen molar-refractivity contribution < 1.29 is 19.0 Å². The summed E-state index contributed by atoms with van der Waals surface area (Å²) >= 11 is 0. The minimum Gasteiger partial charge on any atom is -0.495 e. The highest BCUT2D eigenvalue weighted by atomic mass is 16.5. The minimum absolute atomic E-state index is 0.0518. The largest absolute Gasteiger partial charge is 0.495 e. The third kappa shape index (κ3) is 3.41. The number of imidazole rings is 1. The maximum absolute atomic E-state index is 12.7. The number of methoxy groups -OCH3 is 2. The van der Waals surface area contributed by atoms with Crippen LogP contribution in [0.1, 0.15) is 10.4 Å². The first-order chi connectivity index (χ1) is 13.7. The normalized spacial score (nSPS) is 14.1. The van der Waals surface area contributed by atoms with Crippen LogP contribution in [-0.2, 0) is 4.74 Å². The first-order valence-corrected chi connectivity index (χ1v) is 8.77. The summed E-state index contributed by atoms with van der Waals surface area (Å²) in [5.74, 6) is 1.14. The molecule has 3 heterocycles. The number of benzene rings is 1. The molecule has 0 saturated carbocycles. The van der Waals surface area contributed by atoms with Crippen molar-refractivity contribution in [1.82, 2.24) is 24.8 Å². The number of hydrogen-bond donors (Lipinski definition) is 2. The molecule has 1 amide bonds. The number of aromatic nitrogens is 4. The molecule has 0 aliphatic carbocycles. The number of H-pyrrole nitrogens is 1. The molecular weight excluding hydrogens is 364 g/mol. The number of fused-ring (bicyclic) bond motifs is 1. The van der Waals surface area contributed by atoms with Crippen molar-refractivity contribution in [2.75, 3.05) is 45.8 Å². The van der Waals surface area contributed by atoms with Crippen LogP contribution in [0.4, 0.5) is 11.6 Å². The topological polar surface area (TPSA) is 114 Å². The third-order valence-corrected chi connectivity index (χ3v) is 4.44. The number of ether oxygens (including phenoxy) is 3. The van der Waals surface area contributed by atoms with Crippen LogP contribution in [0.3, 0.4) is 0 Å². The lowest BCUT2D eigenvalue weighted by Crippen LogP contribution is -2.40. The molecule has 28 heavy (non-hydrogen) atoms. The molecule has 1 aromatic carbocycles. The number of aromatic amines is 1. The van der Waals surface area contributed by atoms with Gasteiger partial charge in [-0.1, -0.05) is 0 Å². The van der Waals surface area contributed by atoms with E-state index >= 15 is 0 Å². The Morgan fingerprint density at radius 1 is 1.21 bits per heavy atom. The Morgan fingerprint density at radius 2 is 2.04 bits per heavy atom. The number of carbonyl (C=O) groups excluding carboxylic acids is 1. The SMILES string of the molecule is COc1cc(C(=O)N2CCOCC2)ccc1Nc1nc(OC)c2[nH]cnc2n1. The van der Waals surface area contributed by atoms with Crippen molar-refractivity contribution in [1.29, 1.82) is 0 Å². The van der Waals surface area contributed by atoms with E-state index in [9.17, 15) is 4.79 Å². The Kier molecular flexibility index (Phi) is 4.94. The summed E-state index contributed by atoms with van der Waals surface area (Å²) in [6.45, 7) is 2.27. The lowest BCUT2D eigenvalue weighted by atomic mass is 10.1. The van der Waals surface area contributed by atoms with Crippen LogP contribution in [0, 0.1) is 0 Å². The summed E-state index contributed by atoms with van der Waals surface area (Å²) in [5.41, 5.74) is 2.27. The van der Waals surface area contributed by atoms with Crippen LogP contribution < -0.4 is 14.8 Å². The molecule has 10 heteroatoms. The van der Waals surface area contributed by atoms with Crippen LogP contribution in [0.15, 0.2) is 24.5 Å². The Balaban J connectivity index is 1.60. The zero-order valence-corrected chi connectivity index (χ0v) is 15.6. The van der Waals surface area contributed by atoms with Crippen molar-refractivity contribution in [2.24, 2.45) is 0 Å². The van der Waals surface area contributed by atoms with Gasteiger partial charge in [-0.15, -0.1) is 0 Å². The van der Waals surface area contributed by atoms with Gasteiger partial charge in [-0.25, -0.2) is 4.98 Å². The summed E-state index contributed by atoms with van der Waals surface area (Å²) in [7, 11) is 3.07. The van der Waals surface area contributed by atoms with E-state index in [2.05, 4.69) is 25.3 Å². The predicted octanol–water partition coefficient (Wildman–Crippen LogP) is 1.59. The van der Waals surface area contributed by atoms with Crippen LogP contribution in [0.5, 0.6) is 11.6 Å². The van der Waals surface area contributed by atoms with Crippen LogP contribution in [0.25, 0.3) is 11.2 Å². The van der Waals surface area contributed by atoms with E-state index in [-0.39, 0.29) is 5.91 Å². The van der Waals surface area contributed by atoms with E-state index < -0.39 is 0 Å². The maximum Gasteiger partial charge on any atom is 0.254 e. The highest BCUT2D eigenvalue weighted by Gasteiger charge is 2.20. The molecule has 10 nitrogen and oxygen atoms in total. The molecule has 3 aromatic rings. The molecule has 1 fully saturated rings. The molecule has 1 aliphatic rings. The average Bonchev–Trinajstić information content (AvgIpc) is 3.22. The van der Waals surface area contributed by atoms with Gasteiger partial charge in [0.1, 0.15) is 11.3 Å². The second-order valence-electron chi connectivity index (χ2n) is 6.10. The summed E-state index contributed by atoms with van der Waals surface area (Å²) in [5, 5.41) is 3.10. The fourth-order valence-corrected chi connectivity index (χ4v) is 3.01. The molecule has 0 spiro atoms. The predicted molar refractivity (Wildman–Crippen MR) is 101 cm³/mol. The van der Waals surface area contributed by atoms with E-state index in [1.165, 1.54) is 13.4 Å². The molecule has 1 aliphatic heterocycles. The number of nitrogens with one attached hydrogen (secondary N) is 2. The zero-order chi connectivity index (χ0) is 19.5. The van der Waals surface area contributed by atoms with Gasteiger partial charge >= 0.3 is 0 Å². The van der Waals surface area contributed by atoms with Gasteiger partial charge in [-0.3, -0.25) is 4.79 Å². The number of anilines is 2. The van der Waals surface area contributed by atoms with Gasteiger partial charge < -0.3 is 29.4 Å². The highest BCUT2D eigenvalue weighted by molar-refractivity contribution is 5.95. The van der Waals surface area contributed by atoms with E-state index in [1.807, 2.05) is 0 Å². The quantitative estimate of drug-likeness (QED) is 0.682. The van der Waals surface area contributed by atoms with Crippen molar-refractivity contribution in [2.45, 2.75) is 0 Å². The molecule has 4 rings (SSSR count). The lowest BCUT2D eigenvalue weighted by molar-refractivity contribution is 0.0302. The Hall–Kier alpha value is -3.40. The molecule has 0 bridgehead atoms. The van der Waals surface area contributed by atoms with Crippen molar-refractivity contribution >= 4 is 28.7 Å². The summed E-state index contributed by atoms with van der Waals surface area (Å²) in [4.78, 5) is 30.2. The maximum atomic E-state index is 12.7. The number of morpholine rings is 1. The smallest absolute Gasteiger partial charge is 0.254 e. The molecule has 0 atom stereocenters. The van der Waals surface area contributed by atoms with Gasteiger partial charge in [0.25, 0.3) is 5.91 Å².